The van der Waals surface area contributed by atoms with E-state index in [0.717, 1.165) is 16.6 Å². The number of halogens is 3. The fourth-order valence-electron chi connectivity index (χ4n) is 5.14. The number of fused-ring (bicyclic) bond motifs is 5. The number of aliphatic hydroxyl groups is 1. The third-order valence-electron chi connectivity index (χ3n) is 5.97. The lowest BCUT2D eigenvalue weighted by molar-refractivity contribution is -0.111. The van der Waals surface area contributed by atoms with Crippen LogP contribution in [0.2, 0.25) is 0 Å². The number of alkyl halides is 3. The maximum Gasteiger partial charge on any atom is 0.415 e. The number of nitrogens with one attached hydrogen (secondary N) is 1. The van der Waals surface area contributed by atoms with Crippen LogP contribution in [0.3, 0.4) is 0 Å². The molecule has 0 saturated heterocycles. The van der Waals surface area contributed by atoms with Gasteiger partial charge in [0.15, 0.2) is 0 Å². The lowest BCUT2D eigenvalue weighted by Gasteiger charge is -2.36. The molecule has 3 aliphatic rings. The summed E-state index contributed by atoms with van der Waals surface area (Å²) in [7, 11) is 0. The Morgan fingerprint density at radius 2 is 2.13 bits per heavy atom. The number of aromatic amines is 1. The SMILES string of the molecule is OC1C(C(F)(F)F)=C2c3ccc4[nH]cnc4c3C[C@@]23CC[C@@H]1C3. The van der Waals surface area contributed by atoms with Gasteiger partial charge in [-0.2, -0.15) is 13.2 Å². The minimum Gasteiger partial charge on any atom is -0.388 e. The van der Waals surface area contributed by atoms with Crippen molar-refractivity contribution in [3.8, 4) is 0 Å². The average Bonchev–Trinajstić information content (AvgIpc) is 3.15. The third kappa shape index (κ3) is 1.57. The average molecular weight is 320 g/mol. The van der Waals surface area contributed by atoms with Gasteiger partial charge in [0.1, 0.15) is 0 Å². The summed E-state index contributed by atoms with van der Waals surface area (Å²) in [5.74, 6) is -0.278. The van der Waals surface area contributed by atoms with Crippen molar-refractivity contribution >= 4 is 16.6 Å². The topological polar surface area (TPSA) is 48.9 Å². The van der Waals surface area contributed by atoms with Gasteiger partial charge in [-0.3, -0.25) is 0 Å². The number of aromatic nitrogens is 2. The van der Waals surface area contributed by atoms with Crippen LogP contribution in [-0.2, 0) is 6.42 Å². The molecule has 0 radical (unpaired) electrons. The quantitative estimate of drug-likeness (QED) is 0.779. The van der Waals surface area contributed by atoms with Gasteiger partial charge < -0.3 is 10.1 Å². The molecule has 0 aliphatic heterocycles. The molecular formula is C17H15F3N2O. The number of imidazole rings is 1. The summed E-state index contributed by atoms with van der Waals surface area (Å²) < 4.78 is 41.1. The van der Waals surface area contributed by atoms with Crippen LogP contribution in [0, 0.1) is 11.3 Å². The predicted molar refractivity (Wildman–Crippen MR) is 78.6 cm³/mol. The van der Waals surface area contributed by atoms with E-state index in [-0.39, 0.29) is 5.92 Å². The Hall–Kier alpha value is -1.82. The second-order valence-corrected chi connectivity index (χ2v) is 7.08. The molecule has 0 amide bonds. The highest BCUT2D eigenvalue weighted by Crippen LogP contribution is 2.65. The van der Waals surface area contributed by atoms with Gasteiger partial charge in [-0.1, -0.05) is 6.07 Å². The van der Waals surface area contributed by atoms with E-state index in [1.165, 1.54) is 0 Å². The first kappa shape index (κ1) is 13.6. The van der Waals surface area contributed by atoms with Crippen molar-refractivity contribution in [2.45, 2.75) is 38.0 Å². The van der Waals surface area contributed by atoms with Crippen LogP contribution in [-0.4, -0.2) is 27.4 Å². The number of rotatable bonds is 0. The molecule has 3 aliphatic carbocycles. The van der Waals surface area contributed by atoms with E-state index < -0.39 is 23.3 Å². The number of hydrogen-bond acceptors (Lipinski definition) is 2. The first-order valence-electron chi connectivity index (χ1n) is 7.86. The first-order chi connectivity index (χ1) is 10.9. The Balaban J connectivity index is 1.87. The Morgan fingerprint density at radius 1 is 1.30 bits per heavy atom. The second kappa shape index (κ2) is 3.98. The summed E-state index contributed by atoms with van der Waals surface area (Å²) in [6.07, 6.45) is -1.71. The molecule has 1 spiro atoms. The Bertz CT molecular complexity index is 866. The second-order valence-electron chi connectivity index (χ2n) is 7.08. The molecule has 3 atom stereocenters. The summed E-state index contributed by atoms with van der Waals surface area (Å²) in [5.41, 5.74) is 2.31. The minimum absolute atomic E-state index is 0.278. The highest BCUT2D eigenvalue weighted by atomic mass is 19.4. The molecule has 1 aromatic carbocycles. The third-order valence-corrected chi connectivity index (χ3v) is 5.97. The molecule has 2 aromatic rings. The van der Waals surface area contributed by atoms with Crippen molar-refractivity contribution in [2.75, 3.05) is 0 Å². The van der Waals surface area contributed by atoms with Crippen LogP contribution < -0.4 is 0 Å². The van der Waals surface area contributed by atoms with Crippen LogP contribution >= 0.6 is 0 Å². The molecular weight excluding hydrogens is 305 g/mol. The maximum absolute atomic E-state index is 13.7. The Morgan fingerprint density at radius 3 is 2.91 bits per heavy atom. The summed E-state index contributed by atoms with van der Waals surface area (Å²) in [5, 5.41) is 10.3. The molecule has 6 heteroatoms. The summed E-state index contributed by atoms with van der Waals surface area (Å²) in [6, 6.07) is 3.55. The molecule has 2 bridgehead atoms. The van der Waals surface area contributed by atoms with E-state index >= 15 is 0 Å². The highest BCUT2D eigenvalue weighted by Gasteiger charge is 2.59. The fraction of sp³-hybridized carbons (Fsp3) is 0.471. The number of hydrogen-bond donors (Lipinski definition) is 2. The van der Waals surface area contributed by atoms with Crippen LogP contribution in [0.5, 0.6) is 0 Å². The first-order valence-corrected chi connectivity index (χ1v) is 7.86. The fourth-order valence-corrected chi connectivity index (χ4v) is 5.14. The van der Waals surface area contributed by atoms with Gasteiger partial charge in [0.25, 0.3) is 0 Å². The molecule has 1 aromatic heterocycles. The van der Waals surface area contributed by atoms with Crippen molar-refractivity contribution in [1.29, 1.82) is 0 Å². The van der Waals surface area contributed by atoms with Crippen LogP contribution in [0.1, 0.15) is 30.4 Å². The Kier molecular flexibility index (Phi) is 2.35. The molecule has 1 saturated carbocycles. The zero-order valence-electron chi connectivity index (χ0n) is 12.2. The van der Waals surface area contributed by atoms with Gasteiger partial charge in [-0.25, -0.2) is 4.98 Å². The van der Waals surface area contributed by atoms with Gasteiger partial charge in [0.05, 0.1) is 29.0 Å². The monoisotopic (exact) mass is 320 g/mol. The van der Waals surface area contributed by atoms with Crippen molar-refractivity contribution in [3.05, 3.63) is 35.2 Å². The molecule has 120 valence electrons. The van der Waals surface area contributed by atoms with E-state index in [2.05, 4.69) is 9.97 Å². The van der Waals surface area contributed by atoms with Gasteiger partial charge in [-0.05, 0) is 54.4 Å². The van der Waals surface area contributed by atoms with Crippen LogP contribution in [0.25, 0.3) is 16.6 Å². The van der Waals surface area contributed by atoms with E-state index in [4.69, 9.17) is 0 Å². The molecule has 1 unspecified atom stereocenters. The predicted octanol–water partition coefficient (Wildman–Crippen LogP) is 3.60. The van der Waals surface area contributed by atoms with E-state index in [0.29, 0.717) is 36.8 Å². The molecule has 5 rings (SSSR count). The van der Waals surface area contributed by atoms with E-state index in [1.807, 2.05) is 0 Å². The molecule has 1 fully saturated rings. The number of H-pyrrole nitrogens is 1. The number of nitrogens with zero attached hydrogens (tertiary/aromatic N) is 1. The summed E-state index contributed by atoms with van der Waals surface area (Å²) in [6.45, 7) is 0. The lowest BCUT2D eigenvalue weighted by atomic mass is 9.70. The zero-order valence-corrected chi connectivity index (χ0v) is 12.2. The standard InChI is InChI=1S/C17H15F3N2O/c18-17(19,20)13-12-9-1-2-11-14(22-7-21-11)10(9)6-16(12)4-3-8(5-16)15(13)23/h1-2,7-8,15,23H,3-6H2,(H,21,22)/t8-,15?,16+/m1/s1. The van der Waals surface area contributed by atoms with Crippen molar-refractivity contribution in [2.24, 2.45) is 11.3 Å². The van der Waals surface area contributed by atoms with E-state index in [9.17, 15) is 18.3 Å². The Labute approximate surface area is 130 Å². The van der Waals surface area contributed by atoms with Gasteiger partial charge in [0, 0.05) is 5.41 Å². The minimum atomic E-state index is -4.49. The smallest absolute Gasteiger partial charge is 0.388 e. The number of aliphatic hydroxyl groups excluding tert-OH is 1. The zero-order chi connectivity index (χ0) is 16.0. The van der Waals surface area contributed by atoms with Gasteiger partial charge >= 0.3 is 6.18 Å². The van der Waals surface area contributed by atoms with Crippen LogP contribution in [0.4, 0.5) is 13.2 Å². The van der Waals surface area contributed by atoms with Gasteiger partial charge in [-0.15, -0.1) is 0 Å². The highest BCUT2D eigenvalue weighted by molar-refractivity contribution is 5.92. The van der Waals surface area contributed by atoms with E-state index in [1.54, 1.807) is 18.5 Å². The van der Waals surface area contributed by atoms with Crippen LogP contribution in [0.15, 0.2) is 24.0 Å². The molecule has 23 heavy (non-hydrogen) atoms. The van der Waals surface area contributed by atoms with Gasteiger partial charge in [0.2, 0.25) is 0 Å². The molecule has 1 heterocycles. The number of allylic oxidation sites excluding steroid dienone is 1. The largest absolute Gasteiger partial charge is 0.415 e. The van der Waals surface area contributed by atoms with Crippen molar-refractivity contribution in [3.63, 3.8) is 0 Å². The molecule has 2 N–H and O–H groups in total. The maximum atomic E-state index is 13.7. The normalized spacial score (nSPS) is 32.5. The van der Waals surface area contributed by atoms with Crippen molar-refractivity contribution in [1.82, 2.24) is 9.97 Å². The van der Waals surface area contributed by atoms with Crippen molar-refractivity contribution < 1.29 is 18.3 Å². The summed E-state index contributed by atoms with van der Waals surface area (Å²) >= 11 is 0. The molecule has 3 nitrogen and oxygen atoms in total. The summed E-state index contributed by atoms with van der Waals surface area (Å²) in [4.78, 5) is 7.33. The number of benzene rings is 1. The lowest BCUT2D eigenvalue weighted by Crippen LogP contribution is -2.37.